The van der Waals surface area contributed by atoms with Gasteiger partial charge < -0.3 is 4.98 Å². The highest BCUT2D eigenvalue weighted by Gasteiger charge is 2.20. The quantitative estimate of drug-likeness (QED) is 0.397. The summed E-state index contributed by atoms with van der Waals surface area (Å²) in [6, 6.07) is 16.4. The Hall–Kier alpha value is -3.94. The number of hydrogen-bond acceptors (Lipinski definition) is 5. The molecule has 8 heteroatoms. The third-order valence-electron chi connectivity index (χ3n) is 5.83. The fourth-order valence-corrected chi connectivity index (χ4v) is 3.92. The zero-order valence-corrected chi connectivity index (χ0v) is 18.8. The Morgan fingerprint density at radius 1 is 1.00 bits per heavy atom. The zero-order chi connectivity index (χ0) is 23.5. The number of halogens is 2. The van der Waals surface area contributed by atoms with Crippen molar-refractivity contribution in [2.45, 2.75) is 39.3 Å². The van der Waals surface area contributed by atoms with Crippen LogP contribution in [0.2, 0.25) is 0 Å². The van der Waals surface area contributed by atoms with Crippen molar-refractivity contribution in [3.63, 3.8) is 0 Å². The topological polar surface area (TPSA) is 70.1 Å². The Morgan fingerprint density at radius 2 is 1.85 bits per heavy atom. The first-order valence-electron chi connectivity index (χ1n) is 11.3. The molecule has 0 aliphatic carbocycles. The summed E-state index contributed by atoms with van der Waals surface area (Å²) in [5.41, 5.74) is 5.45. The number of imidazole rings is 1. The maximum absolute atomic E-state index is 14.1. The van der Waals surface area contributed by atoms with E-state index >= 15 is 0 Å². The van der Waals surface area contributed by atoms with E-state index < -0.39 is 11.6 Å². The molecule has 0 unspecified atom stereocenters. The maximum Gasteiger partial charge on any atom is 0.169 e. The van der Waals surface area contributed by atoms with Crippen molar-refractivity contribution < 1.29 is 8.78 Å². The molecule has 0 saturated carbocycles. The van der Waals surface area contributed by atoms with Gasteiger partial charge in [0.05, 0.1) is 47.6 Å². The third-order valence-corrected chi connectivity index (χ3v) is 5.83. The van der Waals surface area contributed by atoms with Gasteiger partial charge in [-0.25, -0.2) is 13.8 Å². The monoisotopic (exact) mass is 458 g/mol. The summed E-state index contributed by atoms with van der Waals surface area (Å²) in [6.07, 6.45) is 5.10. The number of fused-ring (bicyclic) bond motifs is 1. The molecule has 0 fully saturated rings. The van der Waals surface area contributed by atoms with Crippen molar-refractivity contribution in [1.29, 1.82) is 0 Å². The molecule has 2 aromatic carbocycles. The lowest BCUT2D eigenvalue weighted by atomic mass is 10.0. The van der Waals surface area contributed by atoms with Crippen molar-refractivity contribution in [1.82, 2.24) is 25.2 Å². The number of nitrogens with zero attached hydrogens (tertiary/aromatic N) is 5. The van der Waals surface area contributed by atoms with E-state index in [1.165, 1.54) is 30.5 Å². The van der Waals surface area contributed by atoms with E-state index in [-0.39, 0.29) is 11.4 Å². The summed E-state index contributed by atoms with van der Waals surface area (Å²) in [6.45, 7) is 3.07. The number of unbranched alkanes of at least 4 members (excludes halogenated alkanes) is 1. The van der Waals surface area contributed by atoms with Gasteiger partial charge in [-0.1, -0.05) is 43.7 Å². The molecule has 5 rings (SSSR count). The number of hydrazone groups is 1. The molecule has 0 atom stereocenters. The molecule has 6 nitrogen and oxygen atoms in total. The van der Waals surface area contributed by atoms with Gasteiger partial charge in [-0.05, 0) is 42.7 Å². The zero-order valence-electron chi connectivity index (χ0n) is 18.8. The molecule has 1 N–H and O–H groups in total. The van der Waals surface area contributed by atoms with Crippen LogP contribution in [0.4, 0.5) is 8.78 Å². The SMILES string of the molecule is CCCCc1ccc(-c2ccc(CN3Cc4nc(-c5cccc(F)c5F)[nH]c4C=N3)nn2)cc1. The summed E-state index contributed by atoms with van der Waals surface area (Å²) >= 11 is 0. The summed E-state index contributed by atoms with van der Waals surface area (Å²) in [5.74, 6) is -1.55. The normalized spacial score (nSPS) is 12.7. The number of benzene rings is 2. The molecule has 1 aliphatic heterocycles. The molecule has 3 heterocycles. The Bertz CT molecular complexity index is 1310. The molecule has 0 saturated heterocycles. The van der Waals surface area contributed by atoms with E-state index in [4.69, 9.17) is 0 Å². The van der Waals surface area contributed by atoms with Crippen LogP contribution in [0, 0.1) is 11.6 Å². The largest absolute Gasteiger partial charge is 0.337 e. The molecule has 172 valence electrons. The van der Waals surface area contributed by atoms with Crippen LogP contribution < -0.4 is 0 Å². The van der Waals surface area contributed by atoms with Gasteiger partial charge in [0.25, 0.3) is 0 Å². The second kappa shape index (κ2) is 9.51. The van der Waals surface area contributed by atoms with Crippen molar-refractivity contribution in [2.24, 2.45) is 5.10 Å². The van der Waals surface area contributed by atoms with Crippen molar-refractivity contribution >= 4 is 6.21 Å². The Balaban J connectivity index is 1.25. The Labute approximate surface area is 196 Å². The summed E-state index contributed by atoms with van der Waals surface area (Å²) in [7, 11) is 0. The van der Waals surface area contributed by atoms with E-state index in [9.17, 15) is 8.78 Å². The number of nitrogens with one attached hydrogen (secondary N) is 1. The minimum absolute atomic E-state index is 0.0919. The number of rotatable bonds is 7. The molecule has 0 spiro atoms. The lowest BCUT2D eigenvalue weighted by Gasteiger charge is -2.20. The predicted molar refractivity (Wildman–Crippen MR) is 127 cm³/mol. The first kappa shape index (κ1) is 21.9. The molecule has 0 radical (unpaired) electrons. The second-order valence-corrected chi connectivity index (χ2v) is 8.32. The second-order valence-electron chi connectivity index (χ2n) is 8.32. The van der Waals surface area contributed by atoms with Crippen LogP contribution in [0.3, 0.4) is 0 Å². The van der Waals surface area contributed by atoms with Gasteiger partial charge in [0.2, 0.25) is 0 Å². The molecule has 0 bridgehead atoms. The molecule has 2 aromatic heterocycles. The minimum Gasteiger partial charge on any atom is -0.337 e. The molecular weight excluding hydrogens is 434 g/mol. The molecule has 34 heavy (non-hydrogen) atoms. The van der Waals surface area contributed by atoms with Crippen LogP contribution in [0.15, 0.2) is 59.7 Å². The molecular formula is C26H24F2N6. The third kappa shape index (κ3) is 4.57. The van der Waals surface area contributed by atoms with Crippen molar-refractivity contribution in [2.75, 3.05) is 0 Å². The van der Waals surface area contributed by atoms with Crippen LogP contribution in [0.25, 0.3) is 22.6 Å². The highest BCUT2D eigenvalue weighted by Crippen LogP contribution is 2.25. The van der Waals surface area contributed by atoms with E-state index in [2.05, 4.69) is 56.5 Å². The fraction of sp³-hybridized carbons (Fsp3) is 0.231. The van der Waals surface area contributed by atoms with Crippen molar-refractivity contribution in [3.05, 3.63) is 88.9 Å². The predicted octanol–water partition coefficient (Wildman–Crippen LogP) is 5.50. The Kier molecular flexibility index (Phi) is 6.12. The minimum atomic E-state index is -0.923. The Morgan fingerprint density at radius 3 is 2.62 bits per heavy atom. The summed E-state index contributed by atoms with van der Waals surface area (Å²) < 4.78 is 27.7. The van der Waals surface area contributed by atoms with Crippen LogP contribution in [-0.2, 0) is 19.5 Å². The van der Waals surface area contributed by atoms with Crippen molar-refractivity contribution in [3.8, 4) is 22.6 Å². The fourth-order valence-electron chi connectivity index (χ4n) is 3.92. The van der Waals surface area contributed by atoms with Crippen LogP contribution in [0.1, 0.15) is 42.4 Å². The lowest BCUT2D eigenvalue weighted by Crippen LogP contribution is -2.22. The molecule has 4 aromatic rings. The van der Waals surface area contributed by atoms with Gasteiger partial charge in [0.15, 0.2) is 11.6 Å². The van der Waals surface area contributed by atoms with Gasteiger partial charge in [0.1, 0.15) is 5.82 Å². The number of H-pyrrole nitrogens is 1. The van der Waals surface area contributed by atoms with Crippen LogP contribution in [-0.4, -0.2) is 31.4 Å². The van der Waals surface area contributed by atoms with E-state index in [0.29, 0.717) is 24.5 Å². The smallest absolute Gasteiger partial charge is 0.169 e. The van der Waals surface area contributed by atoms with Crippen LogP contribution >= 0.6 is 0 Å². The summed E-state index contributed by atoms with van der Waals surface area (Å²) in [5, 5.41) is 15.0. The highest BCUT2D eigenvalue weighted by atomic mass is 19.2. The number of aromatic amines is 1. The lowest BCUT2D eigenvalue weighted by molar-refractivity contribution is 0.261. The average molecular weight is 459 g/mol. The molecule has 1 aliphatic rings. The highest BCUT2D eigenvalue weighted by molar-refractivity contribution is 5.80. The number of aryl methyl sites for hydroxylation is 1. The van der Waals surface area contributed by atoms with Gasteiger partial charge in [0, 0.05) is 5.56 Å². The maximum atomic E-state index is 14.1. The van der Waals surface area contributed by atoms with Crippen LogP contribution in [0.5, 0.6) is 0 Å². The van der Waals surface area contributed by atoms with Gasteiger partial charge in [-0.15, -0.1) is 0 Å². The van der Waals surface area contributed by atoms with Gasteiger partial charge in [-0.2, -0.15) is 15.3 Å². The number of aromatic nitrogens is 4. The summed E-state index contributed by atoms with van der Waals surface area (Å²) in [4.78, 5) is 7.48. The van der Waals surface area contributed by atoms with E-state index in [1.807, 2.05) is 12.1 Å². The average Bonchev–Trinajstić information content (AvgIpc) is 3.28. The van der Waals surface area contributed by atoms with Gasteiger partial charge >= 0.3 is 0 Å². The number of hydrogen-bond donors (Lipinski definition) is 1. The first-order chi connectivity index (χ1) is 16.6. The van der Waals surface area contributed by atoms with E-state index in [1.54, 1.807) is 11.2 Å². The van der Waals surface area contributed by atoms with Gasteiger partial charge in [-0.3, -0.25) is 5.01 Å². The molecule has 0 amide bonds. The standard InChI is InChI=1S/C26H24F2N6/c1-2-3-5-17-8-10-18(11-9-17)22-13-12-19(32-33-22)15-34-16-24-23(14-29-34)30-26(31-24)20-6-4-7-21(27)25(20)28/h4,6-14H,2-3,5,15-16H2,1H3,(H,30,31). The first-order valence-corrected chi connectivity index (χ1v) is 11.3. The van der Waals surface area contributed by atoms with E-state index in [0.717, 1.165) is 29.4 Å².